The van der Waals surface area contributed by atoms with Gasteiger partial charge < -0.3 is 4.74 Å². The predicted octanol–water partition coefficient (Wildman–Crippen LogP) is 3.38. The molecule has 0 aliphatic carbocycles. The molecule has 0 radical (unpaired) electrons. The van der Waals surface area contributed by atoms with E-state index in [0.717, 1.165) is 11.1 Å². The van der Waals surface area contributed by atoms with E-state index in [4.69, 9.17) is 4.74 Å². The molecule has 0 unspecified atom stereocenters. The standard InChI is InChI=1S/C20H18N2O3/c1-3-22-19(23)17(20(24)25-2)16(14-10-6-4-7-11-14)18(21-22)15-12-8-5-9-13-15/h4-13H,3H2,1-2H3. The molecule has 0 aliphatic heterocycles. The van der Waals surface area contributed by atoms with E-state index in [0.29, 0.717) is 17.8 Å². The predicted molar refractivity (Wildman–Crippen MR) is 96.4 cm³/mol. The van der Waals surface area contributed by atoms with Crippen LogP contribution in [0.4, 0.5) is 0 Å². The van der Waals surface area contributed by atoms with Crippen LogP contribution in [0.3, 0.4) is 0 Å². The molecule has 0 saturated carbocycles. The van der Waals surface area contributed by atoms with Gasteiger partial charge in [-0.2, -0.15) is 5.10 Å². The topological polar surface area (TPSA) is 61.2 Å². The third-order valence-electron chi connectivity index (χ3n) is 3.95. The number of nitrogens with zero attached hydrogens (tertiary/aromatic N) is 2. The van der Waals surface area contributed by atoms with Gasteiger partial charge in [-0.25, -0.2) is 9.48 Å². The van der Waals surface area contributed by atoms with Crippen LogP contribution in [0.15, 0.2) is 65.5 Å². The molecule has 5 nitrogen and oxygen atoms in total. The second kappa shape index (κ2) is 7.13. The minimum atomic E-state index is -0.661. The molecule has 25 heavy (non-hydrogen) atoms. The molecule has 0 fully saturated rings. The monoisotopic (exact) mass is 334 g/mol. The van der Waals surface area contributed by atoms with Gasteiger partial charge in [-0.1, -0.05) is 60.7 Å². The van der Waals surface area contributed by atoms with Crippen LogP contribution in [0.2, 0.25) is 0 Å². The Kier molecular flexibility index (Phi) is 4.75. The third-order valence-corrected chi connectivity index (χ3v) is 3.95. The van der Waals surface area contributed by atoms with Crippen molar-refractivity contribution in [2.75, 3.05) is 7.11 Å². The molecule has 2 aromatic carbocycles. The highest BCUT2D eigenvalue weighted by Crippen LogP contribution is 2.32. The Balaban J connectivity index is 2.45. The lowest BCUT2D eigenvalue weighted by atomic mass is 9.95. The van der Waals surface area contributed by atoms with Gasteiger partial charge in [0.15, 0.2) is 0 Å². The molecule has 0 spiro atoms. The van der Waals surface area contributed by atoms with Crippen molar-refractivity contribution in [1.29, 1.82) is 0 Å². The van der Waals surface area contributed by atoms with Crippen LogP contribution in [0, 0.1) is 0 Å². The number of carbonyl (C=O) groups excluding carboxylic acids is 1. The minimum absolute atomic E-state index is 0.00408. The highest BCUT2D eigenvalue weighted by molar-refractivity contribution is 6.00. The van der Waals surface area contributed by atoms with Crippen LogP contribution in [0.5, 0.6) is 0 Å². The van der Waals surface area contributed by atoms with E-state index >= 15 is 0 Å². The van der Waals surface area contributed by atoms with Crippen molar-refractivity contribution in [1.82, 2.24) is 9.78 Å². The molecule has 1 aromatic heterocycles. The summed E-state index contributed by atoms with van der Waals surface area (Å²) in [5.41, 5.74) is 2.20. The number of ether oxygens (including phenoxy) is 1. The number of rotatable bonds is 4. The number of carbonyl (C=O) groups is 1. The van der Waals surface area contributed by atoms with Gasteiger partial charge in [0.25, 0.3) is 5.56 Å². The fraction of sp³-hybridized carbons (Fsp3) is 0.150. The molecule has 3 rings (SSSR count). The van der Waals surface area contributed by atoms with Crippen LogP contribution >= 0.6 is 0 Å². The van der Waals surface area contributed by atoms with E-state index in [1.165, 1.54) is 11.8 Å². The van der Waals surface area contributed by atoms with Gasteiger partial charge in [0.1, 0.15) is 5.56 Å². The Morgan fingerprint density at radius 3 is 2.08 bits per heavy atom. The van der Waals surface area contributed by atoms with E-state index in [1.807, 2.05) is 67.6 Å². The van der Waals surface area contributed by atoms with Crippen molar-refractivity contribution >= 4 is 5.97 Å². The first kappa shape index (κ1) is 16.6. The van der Waals surface area contributed by atoms with E-state index < -0.39 is 11.5 Å². The molecule has 3 aromatic rings. The maximum Gasteiger partial charge on any atom is 0.344 e. The SMILES string of the molecule is CCn1nc(-c2ccccc2)c(-c2ccccc2)c(C(=O)OC)c1=O. The van der Waals surface area contributed by atoms with E-state index in [9.17, 15) is 9.59 Å². The molecular weight excluding hydrogens is 316 g/mol. The van der Waals surface area contributed by atoms with Crippen molar-refractivity contribution < 1.29 is 9.53 Å². The molecule has 126 valence electrons. The molecule has 5 heteroatoms. The van der Waals surface area contributed by atoms with Gasteiger partial charge in [-0.05, 0) is 12.5 Å². The second-order valence-electron chi connectivity index (χ2n) is 5.44. The fourth-order valence-electron chi connectivity index (χ4n) is 2.76. The van der Waals surface area contributed by atoms with Crippen LogP contribution in [-0.4, -0.2) is 22.9 Å². The number of esters is 1. The van der Waals surface area contributed by atoms with Gasteiger partial charge in [0, 0.05) is 17.7 Å². The summed E-state index contributed by atoms with van der Waals surface area (Å²) in [5, 5.41) is 4.51. The normalized spacial score (nSPS) is 10.5. The van der Waals surface area contributed by atoms with Crippen molar-refractivity contribution in [3.63, 3.8) is 0 Å². The summed E-state index contributed by atoms with van der Waals surface area (Å²) < 4.78 is 6.18. The van der Waals surface area contributed by atoms with Crippen LogP contribution < -0.4 is 5.56 Å². The maximum atomic E-state index is 12.8. The third kappa shape index (κ3) is 3.08. The Hall–Kier alpha value is -3.21. The summed E-state index contributed by atoms with van der Waals surface area (Å²) in [4.78, 5) is 25.2. The van der Waals surface area contributed by atoms with Gasteiger partial charge in [0.05, 0.1) is 12.8 Å². The lowest BCUT2D eigenvalue weighted by Gasteiger charge is -2.15. The molecular formula is C20H18N2O3. The van der Waals surface area contributed by atoms with E-state index in [1.54, 1.807) is 0 Å². The summed E-state index contributed by atoms with van der Waals surface area (Å²) in [7, 11) is 1.27. The Labute approximate surface area is 145 Å². The Morgan fingerprint density at radius 1 is 1.00 bits per heavy atom. The number of benzene rings is 2. The Bertz CT molecular complexity index is 948. The summed E-state index contributed by atoms with van der Waals surface area (Å²) in [6.45, 7) is 2.17. The largest absolute Gasteiger partial charge is 0.465 e. The zero-order valence-electron chi connectivity index (χ0n) is 14.1. The summed E-state index contributed by atoms with van der Waals surface area (Å²) >= 11 is 0. The van der Waals surface area contributed by atoms with Crippen molar-refractivity contribution in [2.24, 2.45) is 0 Å². The summed E-state index contributed by atoms with van der Waals surface area (Å²) in [6.07, 6.45) is 0. The molecule has 0 aliphatic rings. The van der Waals surface area contributed by atoms with Crippen molar-refractivity contribution in [3.8, 4) is 22.4 Å². The van der Waals surface area contributed by atoms with E-state index in [2.05, 4.69) is 5.10 Å². The molecule has 0 atom stereocenters. The van der Waals surface area contributed by atoms with Gasteiger partial charge in [0.2, 0.25) is 0 Å². The lowest BCUT2D eigenvalue weighted by molar-refractivity contribution is 0.0598. The first-order valence-electron chi connectivity index (χ1n) is 8.01. The molecule has 0 amide bonds. The zero-order valence-corrected chi connectivity index (χ0v) is 14.1. The van der Waals surface area contributed by atoms with Crippen LogP contribution in [-0.2, 0) is 11.3 Å². The second-order valence-corrected chi connectivity index (χ2v) is 5.44. The smallest absolute Gasteiger partial charge is 0.344 e. The highest BCUT2D eigenvalue weighted by atomic mass is 16.5. The Morgan fingerprint density at radius 2 is 1.56 bits per heavy atom. The number of hydrogen-bond donors (Lipinski definition) is 0. The number of hydrogen-bond acceptors (Lipinski definition) is 4. The minimum Gasteiger partial charge on any atom is -0.465 e. The average Bonchev–Trinajstić information content (AvgIpc) is 2.68. The molecule has 0 saturated heterocycles. The molecule has 1 heterocycles. The molecule has 0 N–H and O–H groups in total. The average molecular weight is 334 g/mol. The van der Waals surface area contributed by atoms with Gasteiger partial charge in [-0.3, -0.25) is 4.79 Å². The van der Waals surface area contributed by atoms with Crippen molar-refractivity contribution in [3.05, 3.63) is 76.6 Å². The fourth-order valence-corrected chi connectivity index (χ4v) is 2.76. The maximum absolute atomic E-state index is 12.8. The number of aryl methyl sites for hydroxylation is 1. The van der Waals surface area contributed by atoms with Crippen molar-refractivity contribution in [2.45, 2.75) is 13.5 Å². The lowest BCUT2D eigenvalue weighted by Crippen LogP contribution is -2.30. The first-order valence-corrected chi connectivity index (χ1v) is 8.01. The first-order chi connectivity index (χ1) is 12.2. The van der Waals surface area contributed by atoms with E-state index in [-0.39, 0.29) is 5.56 Å². The van der Waals surface area contributed by atoms with Gasteiger partial charge >= 0.3 is 5.97 Å². The highest BCUT2D eigenvalue weighted by Gasteiger charge is 2.25. The van der Waals surface area contributed by atoms with Crippen LogP contribution in [0.1, 0.15) is 17.3 Å². The number of methoxy groups -OCH3 is 1. The quantitative estimate of drug-likeness (QED) is 0.686. The number of aromatic nitrogens is 2. The van der Waals surface area contributed by atoms with Gasteiger partial charge in [-0.15, -0.1) is 0 Å². The summed E-state index contributed by atoms with van der Waals surface area (Å²) in [6, 6.07) is 18.8. The molecule has 0 bridgehead atoms. The zero-order chi connectivity index (χ0) is 17.8. The van der Waals surface area contributed by atoms with Crippen LogP contribution in [0.25, 0.3) is 22.4 Å². The summed E-state index contributed by atoms with van der Waals surface area (Å²) in [5.74, 6) is -0.661.